The molecule has 0 unspecified atom stereocenters. The van der Waals surface area contributed by atoms with Crippen molar-refractivity contribution >= 4 is 29.1 Å². The van der Waals surface area contributed by atoms with Gasteiger partial charge in [-0.3, -0.25) is 4.79 Å². The van der Waals surface area contributed by atoms with Crippen molar-refractivity contribution in [2.75, 3.05) is 19.0 Å². The lowest BCUT2D eigenvalue weighted by Gasteiger charge is -2.18. The molecule has 0 spiro atoms. The molecule has 1 aliphatic rings. The Kier molecular flexibility index (Phi) is 5.10. The van der Waals surface area contributed by atoms with Gasteiger partial charge in [0.05, 0.1) is 16.3 Å². The first-order chi connectivity index (χ1) is 11.8. The first kappa shape index (κ1) is 17.9. The Morgan fingerprint density at radius 1 is 1.20 bits per heavy atom. The molecule has 0 amide bonds. The van der Waals surface area contributed by atoms with Gasteiger partial charge in [-0.25, -0.2) is 4.98 Å². The first-order valence-corrected chi connectivity index (χ1v) is 8.49. The summed E-state index contributed by atoms with van der Waals surface area (Å²) in [5.41, 5.74) is -0.514. The van der Waals surface area contributed by atoms with Crippen molar-refractivity contribution in [2.45, 2.75) is 11.2 Å². The summed E-state index contributed by atoms with van der Waals surface area (Å²) in [4.78, 5) is 16.0. The maximum atomic E-state index is 12.6. The molecule has 1 aromatic heterocycles. The van der Waals surface area contributed by atoms with E-state index in [0.717, 1.165) is 17.8 Å². The summed E-state index contributed by atoms with van der Waals surface area (Å²) in [6, 6.07) is 5.64. The second-order valence-electron chi connectivity index (χ2n) is 5.08. The van der Waals surface area contributed by atoms with Gasteiger partial charge in [0.25, 0.3) is 0 Å². The Hall–Kier alpha value is -1.93. The number of carbonyl (C=O) groups excluding carboxylic acids is 1. The van der Waals surface area contributed by atoms with Gasteiger partial charge in [0, 0.05) is 11.8 Å². The number of hydrogen-bond acceptors (Lipinski definition) is 5. The van der Waals surface area contributed by atoms with Crippen LogP contribution in [0.25, 0.3) is 0 Å². The summed E-state index contributed by atoms with van der Waals surface area (Å²) >= 11 is 6.80. The number of ether oxygens (including phenoxy) is 2. The highest BCUT2D eigenvalue weighted by Crippen LogP contribution is 2.34. The summed E-state index contributed by atoms with van der Waals surface area (Å²) in [7, 11) is 0. The zero-order valence-corrected chi connectivity index (χ0v) is 14.2. The average Bonchev–Trinajstić information content (AvgIpc) is 2.59. The van der Waals surface area contributed by atoms with E-state index in [1.807, 2.05) is 0 Å². The van der Waals surface area contributed by atoms with Crippen molar-refractivity contribution in [3.8, 4) is 11.5 Å². The Bertz CT molecular complexity index is 814. The standard InChI is InChI=1S/C16H11ClF3NO3S/c17-11-6-10(16(18,19)20)7-21-15(11)25-8-12(22)9-1-2-13-14(5-9)24-4-3-23-13/h1-2,5-7H,3-4,8H2. The summed E-state index contributed by atoms with van der Waals surface area (Å²) in [5.74, 6) is 0.827. The largest absolute Gasteiger partial charge is 0.486 e. The number of aromatic nitrogens is 1. The van der Waals surface area contributed by atoms with Crippen LogP contribution in [0.15, 0.2) is 35.5 Å². The van der Waals surface area contributed by atoms with Crippen LogP contribution in [0.5, 0.6) is 11.5 Å². The van der Waals surface area contributed by atoms with Crippen LogP contribution in [0.3, 0.4) is 0 Å². The number of fused-ring (bicyclic) bond motifs is 1. The SMILES string of the molecule is O=C(CSc1ncc(C(F)(F)F)cc1Cl)c1ccc2c(c1)OCCO2. The molecule has 0 radical (unpaired) electrons. The van der Waals surface area contributed by atoms with Crippen molar-refractivity contribution in [2.24, 2.45) is 0 Å². The summed E-state index contributed by atoms with van der Waals surface area (Å²) < 4.78 is 48.6. The number of alkyl halides is 3. The lowest BCUT2D eigenvalue weighted by Crippen LogP contribution is -2.16. The smallest absolute Gasteiger partial charge is 0.417 e. The minimum absolute atomic E-state index is 0.0161. The average molecular weight is 390 g/mol. The molecular weight excluding hydrogens is 379 g/mol. The predicted molar refractivity (Wildman–Crippen MR) is 86.7 cm³/mol. The first-order valence-electron chi connectivity index (χ1n) is 7.13. The third kappa shape index (κ3) is 4.19. The molecule has 0 fully saturated rings. The Labute approximate surface area is 150 Å². The van der Waals surface area contributed by atoms with Crippen molar-refractivity contribution in [3.63, 3.8) is 0 Å². The fourth-order valence-electron chi connectivity index (χ4n) is 2.12. The zero-order valence-electron chi connectivity index (χ0n) is 12.6. The molecule has 0 saturated carbocycles. The lowest BCUT2D eigenvalue weighted by molar-refractivity contribution is -0.137. The van der Waals surface area contributed by atoms with E-state index in [2.05, 4.69) is 4.98 Å². The maximum Gasteiger partial charge on any atom is 0.417 e. The van der Waals surface area contributed by atoms with E-state index in [4.69, 9.17) is 21.1 Å². The number of hydrogen-bond donors (Lipinski definition) is 0. The maximum absolute atomic E-state index is 12.6. The number of pyridine rings is 1. The van der Waals surface area contributed by atoms with E-state index in [9.17, 15) is 18.0 Å². The lowest BCUT2D eigenvalue weighted by atomic mass is 10.1. The van der Waals surface area contributed by atoms with Crippen LogP contribution in [-0.4, -0.2) is 29.7 Å². The van der Waals surface area contributed by atoms with Gasteiger partial charge < -0.3 is 9.47 Å². The van der Waals surface area contributed by atoms with Crippen LogP contribution >= 0.6 is 23.4 Å². The molecule has 1 aliphatic heterocycles. The Balaban J connectivity index is 1.68. The number of carbonyl (C=O) groups is 1. The number of benzene rings is 1. The van der Waals surface area contributed by atoms with Gasteiger partial charge in [-0.2, -0.15) is 13.2 Å². The van der Waals surface area contributed by atoms with Crippen molar-refractivity contribution in [1.29, 1.82) is 0 Å². The van der Waals surface area contributed by atoms with Crippen LogP contribution in [-0.2, 0) is 6.18 Å². The highest BCUT2D eigenvalue weighted by Gasteiger charge is 2.31. The van der Waals surface area contributed by atoms with Crippen LogP contribution in [0.4, 0.5) is 13.2 Å². The van der Waals surface area contributed by atoms with E-state index in [0.29, 0.717) is 36.5 Å². The van der Waals surface area contributed by atoms with Crippen molar-refractivity contribution in [3.05, 3.63) is 46.6 Å². The van der Waals surface area contributed by atoms with E-state index in [1.165, 1.54) is 0 Å². The Morgan fingerprint density at radius 3 is 2.60 bits per heavy atom. The van der Waals surface area contributed by atoms with Crippen LogP contribution in [0.1, 0.15) is 15.9 Å². The molecule has 2 heterocycles. The quantitative estimate of drug-likeness (QED) is 0.569. The van der Waals surface area contributed by atoms with Gasteiger partial charge in [0.1, 0.15) is 18.2 Å². The monoisotopic (exact) mass is 389 g/mol. The molecule has 0 N–H and O–H groups in total. The third-order valence-electron chi connectivity index (χ3n) is 3.34. The van der Waals surface area contributed by atoms with Gasteiger partial charge in [0.2, 0.25) is 0 Å². The van der Waals surface area contributed by atoms with Gasteiger partial charge in [-0.05, 0) is 24.3 Å². The third-order valence-corrected chi connectivity index (χ3v) is 4.74. The molecule has 0 aliphatic carbocycles. The second kappa shape index (κ2) is 7.13. The van der Waals surface area contributed by atoms with E-state index in [1.54, 1.807) is 18.2 Å². The minimum atomic E-state index is -4.51. The fraction of sp³-hybridized carbons (Fsp3) is 0.250. The van der Waals surface area contributed by atoms with Gasteiger partial charge >= 0.3 is 6.18 Å². The fourth-order valence-corrected chi connectivity index (χ4v) is 3.21. The number of halogens is 4. The van der Waals surface area contributed by atoms with Crippen LogP contribution in [0.2, 0.25) is 5.02 Å². The summed E-state index contributed by atoms with van der Waals surface area (Å²) in [6.07, 6.45) is -3.82. The molecule has 0 saturated heterocycles. The molecule has 1 aromatic carbocycles. The second-order valence-corrected chi connectivity index (χ2v) is 6.45. The predicted octanol–water partition coefficient (Wildman–Crippen LogP) is 4.50. The Morgan fingerprint density at radius 2 is 1.92 bits per heavy atom. The molecule has 2 aromatic rings. The normalized spacial score (nSPS) is 13.6. The molecule has 4 nitrogen and oxygen atoms in total. The molecule has 3 rings (SSSR count). The van der Waals surface area contributed by atoms with Gasteiger partial charge in [-0.1, -0.05) is 23.4 Å². The van der Waals surface area contributed by atoms with Crippen LogP contribution in [0, 0.1) is 0 Å². The van der Waals surface area contributed by atoms with Crippen molar-refractivity contribution in [1.82, 2.24) is 4.98 Å². The number of nitrogens with zero attached hydrogens (tertiary/aromatic N) is 1. The molecule has 9 heteroatoms. The summed E-state index contributed by atoms with van der Waals surface area (Å²) in [5, 5.41) is 0.0235. The molecule has 25 heavy (non-hydrogen) atoms. The highest BCUT2D eigenvalue weighted by molar-refractivity contribution is 8.00. The minimum Gasteiger partial charge on any atom is -0.486 e. The van der Waals surface area contributed by atoms with E-state index >= 15 is 0 Å². The van der Waals surface area contributed by atoms with Gasteiger partial charge in [0.15, 0.2) is 17.3 Å². The van der Waals surface area contributed by atoms with E-state index in [-0.39, 0.29) is 21.6 Å². The zero-order chi connectivity index (χ0) is 18.0. The number of Topliss-reactive ketones (excluding diaryl/α,β-unsaturated/α-hetero) is 1. The van der Waals surface area contributed by atoms with Gasteiger partial charge in [-0.15, -0.1) is 0 Å². The van der Waals surface area contributed by atoms with Crippen molar-refractivity contribution < 1.29 is 27.4 Å². The molecule has 132 valence electrons. The van der Waals surface area contributed by atoms with Crippen LogP contribution < -0.4 is 9.47 Å². The number of thioether (sulfide) groups is 1. The molecule has 0 bridgehead atoms. The highest BCUT2D eigenvalue weighted by atomic mass is 35.5. The number of rotatable bonds is 4. The topological polar surface area (TPSA) is 48.4 Å². The molecule has 0 atom stereocenters. The molecular formula is C16H11ClF3NO3S. The number of ketones is 1. The van der Waals surface area contributed by atoms with E-state index < -0.39 is 11.7 Å². The summed E-state index contributed by atoms with van der Waals surface area (Å²) in [6.45, 7) is 0.860.